The summed E-state index contributed by atoms with van der Waals surface area (Å²) in [4.78, 5) is 39.7. The highest BCUT2D eigenvalue weighted by Gasteiger charge is 2.50. The van der Waals surface area contributed by atoms with E-state index >= 15 is 0 Å². The Kier molecular flexibility index (Phi) is 8.00. The molecule has 40 heavy (non-hydrogen) atoms. The van der Waals surface area contributed by atoms with E-state index in [0.717, 1.165) is 0 Å². The quantitative estimate of drug-likeness (QED) is 0.227. The summed E-state index contributed by atoms with van der Waals surface area (Å²) in [6.45, 7) is 0.560. The standard InChI is InChI=1S/C27H29NO11.ClH/c1-10-22(31)13(28)6-17(38-10)39-15-8-27(36,16(30)9-29)7-12-19(15)26(35)21-20(24(12)33)23(32)11-4-3-5-14(37-2)18(11)25(21)34;/h3-5,10,13,15,17,22,29,31,33,35-36H,6-9,28H2,1-2H3;1H/t10-,13-,15-,17?,22-,27-;/m0./s1. The zero-order valence-electron chi connectivity index (χ0n) is 21.6. The Hall–Kier alpha value is -3.10. The number of hydrogen-bond acceptors (Lipinski definition) is 12. The van der Waals surface area contributed by atoms with Crippen molar-refractivity contribution in [3.05, 3.63) is 51.6 Å². The van der Waals surface area contributed by atoms with Gasteiger partial charge >= 0.3 is 0 Å². The van der Waals surface area contributed by atoms with Crippen molar-refractivity contribution in [2.45, 2.75) is 62.4 Å². The zero-order valence-corrected chi connectivity index (χ0v) is 22.4. The van der Waals surface area contributed by atoms with Gasteiger partial charge in [-0.3, -0.25) is 14.4 Å². The summed E-state index contributed by atoms with van der Waals surface area (Å²) in [5.74, 6) is -3.77. The van der Waals surface area contributed by atoms with Gasteiger partial charge in [-0.2, -0.15) is 0 Å². The number of aromatic hydroxyl groups is 2. The van der Waals surface area contributed by atoms with Gasteiger partial charge in [0.05, 0.1) is 42.1 Å². The summed E-state index contributed by atoms with van der Waals surface area (Å²) in [6.07, 6.45) is -5.12. The molecule has 1 heterocycles. The number of Topliss-reactive ketones (excluding diaryl/α,β-unsaturated/α-hetero) is 1. The number of phenolic OH excluding ortho intramolecular Hbond substituents is 2. The lowest BCUT2D eigenvalue weighted by Gasteiger charge is -2.42. The van der Waals surface area contributed by atoms with Crippen LogP contribution in [0.2, 0.25) is 0 Å². The predicted octanol–water partition coefficient (Wildman–Crippen LogP) is 0.423. The van der Waals surface area contributed by atoms with Crippen molar-refractivity contribution in [2.24, 2.45) is 5.73 Å². The number of aliphatic hydroxyl groups excluding tert-OH is 2. The molecule has 2 aromatic carbocycles. The molecular formula is C27H30ClNO11. The highest BCUT2D eigenvalue weighted by atomic mass is 35.5. The summed E-state index contributed by atoms with van der Waals surface area (Å²) < 4.78 is 17.0. The van der Waals surface area contributed by atoms with E-state index < -0.39 is 95.7 Å². The van der Waals surface area contributed by atoms with Gasteiger partial charge in [0.25, 0.3) is 0 Å². The molecule has 1 fully saturated rings. The highest BCUT2D eigenvalue weighted by Crippen LogP contribution is 2.52. The number of rotatable bonds is 5. The van der Waals surface area contributed by atoms with E-state index in [0.29, 0.717) is 0 Å². The third kappa shape index (κ3) is 4.45. The van der Waals surface area contributed by atoms with E-state index in [1.165, 1.54) is 25.3 Å². The Morgan fingerprint density at radius 3 is 2.45 bits per heavy atom. The van der Waals surface area contributed by atoms with Crippen LogP contribution in [0.1, 0.15) is 68.8 Å². The third-order valence-electron chi connectivity index (χ3n) is 7.81. The molecule has 2 aliphatic carbocycles. The van der Waals surface area contributed by atoms with Gasteiger partial charge in [0.15, 0.2) is 17.9 Å². The molecule has 0 amide bonds. The fraction of sp³-hybridized carbons (Fsp3) is 0.444. The monoisotopic (exact) mass is 579 g/mol. The molecule has 2 aromatic rings. The lowest BCUT2D eigenvalue weighted by Crippen LogP contribution is -2.53. The molecular weight excluding hydrogens is 550 g/mol. The van der Waals surface area contributed by atoms with Crippen molar-refractivity contribution in [2.75, 3.05) is 13.7 Å². The number of hydrogen-bond donors (Lipinski definition) is 6. The smallest absolute Gasteiger partial charge is 0.202 e. The molecule has 7 N–H and O–H groups in total. The SMILES string of the molecule is COc1cccc2c1C(=O)c1c(O)c3c(c(O)c1C2=O)C[C@@](O)(C(=O)CO)C[C@@H]3OC1C[C@H](N)[C@@H](O)[C@H](C)O1.Cl. The minimum absolute atomic E-state index is 0. The van der Waals surface area contributed by atoms with Crippen molar-refractivity contribution >= 4 is 29.8 Å². The van der Waals surface area contributed by atoms with Crippen molar-refractivity contribution in [1.82, 2.24) is 0 Å². The largest absolute Gasteiger partial charge is 0.507 e. The van der Waals surface area contributed by atoms with Crippen LogP contribution in [0, 0.1) is 0 Å². The van der Waals surface area contributed by atoms with E-state index in [1.54, 1.807) is 6.92 Å². The van der Waals surface area contributed by atoms with E-state index in [9.17, 15) is 39.9 Å². The summed E-state index contributed by atoms with van der Waals surface area (Å²) in [6, 6.07) is 3.64. The summed E-state index contributed by atoms with van der Waals surface area (Å²) in [7, 11) is 1.32. The first-order chi connectivity index (χ1) is 18.4. The van der Waals surface area contributed by atoms with E-state index in [2.05, 4.69) is 0 Å². The second kappa shape index (κ2) is 10.7. The number of aliphatic hydroxyl groups is 3. The van der Waals surface area contributed by atoms with Crippen molar-refractivity contribution in [3.63, 3.8) is 0 Å². The van der Waals surface area contributed by atoms with Gasteiger partial charge < -0.3 is 45.5 Å². The summed E-state index contributed by atoms with van der Waals surface area (Å²) in [5, 5.41) is 53.7. The first-order valence-electron chi connectivity index (χ1n) is 12.4. The molecule has 5 rings (SSSR count). The van der Waals surface area contributed by atoms with Crippen LogP contribution in [-0.4, -0.2) is 86.7 Å². The molecule has 3 aliphatic rings. The van der Waals surface area contributed by atoms with Gasteiger partial charge in [-0.1, -0.05) is 12.1 Å². The molecule has 0 saturated carbocycles. The molecule has 12 nitrogen and oxygen atoms in total. The van der Waals surface area contributed by atoms with E-state index in [-0.39, 0.29) is 46.8 Å². The fourth-order valence-corrected chi connectivity index (χ4v) is 5.75. The summed E-state index contributed by atoms with van der Waals surface area (Å²) >= 11 is 0. The molecule has 0 spiro atoms. The van der Waals surface area contributed by atoms with Crippen molar-refractivity contribution < 1.29 is 54.1 Å². The van der Waals surface area contributed by atoms with Crippen LogP contribution in [0.3, 0.4) is 0 Å². The second-order valence-corrected chi connectivity index (χ2v) is 10.2. The number of fused-ring (bicyclic) bond motifs is 3. The number of benzene rings is 2. The number of carbonyl (C=O) groups is 3. The lowest BCUT2D eigenvalue weighted by atomic mass is 9.72. The minimum atomic E-state index is -2.24. The molecule has 6 atom stereocenters. The Bertz CT molecular complexity index is 1380. The summed E-state index contributed by atoms with van der Waals surface area (Å²) in [5.41, 5.74) is 2.37. The third-order valence-corrected chi connectivity index (χ3v) is 7.81. The minimum Gasteiger partial charge on any atom is -0.507 e. The number of ketones is 3. The Balaban J connectivity index is 0.00000370. The fourth-order valence-electron chi connectivity index (χ4n) is 5.75. The van der Waals surface area contributed by atoms with Crippen LogP contribution in [-0.2, 0) is 20.7 Å². The number of ether oxygens (including phenoxy) is 3. The highest BCUT2D eigenvalue weighted by molar-refractivity contribution is 6.31. The van der Waals surface area contributed by atoms with Crippen LogP contribution < -0.4 is 10.5 Å². The van der Waals surface area contributed by atoms with E-state index in [1.807, 2.05) is 0 Å². The van der Waals surface area contributed by atoms with E-state index in [4.69, 9.17) is 19.9 Å². The van der Waals surface area contributed by atoms with Crippen LogP contribution in [0.15, 0.2) is 18.2 Å². The van der Waals surface area contributed by atoms with Crippen molar-refractivity contribution in [1.29, 1.82) is 0 Å². The van der Waals surface area contributed by atoms with Crippen LogP contribution in [0.4, 0.5) is 0 Å². The maximum atomic E-state index is 13.6. The molecule has 1 saturated heterocycles. The molecule has 0 bridgehead atoms. The van der Waals surface area contributed by atoms with Crippen molar-refractivity contribution in [3.8, 4) is 17.2 Å². The molecule has 13 heteroatoms. The Morgan fingerprint density at radius 1 is 1.15 bits per heavy atom. The number of carbonyl (C=O) groups excluding carboxylic acids is 3. The lowest BCUT2D eigenvalue weighted by molar-refractivity contribution is -0.247. The molecule has 0 aromatic heterocycles. The normalized spacial score (nSPS) is 29.1. The average Bonchev–Trinajstić information content (AvgIpc) is 2.90. The topological polar surface area (TPSA) is 206 Å². The zero-order chi connectivity index (χ0) is 28.4. The van der Waals surface area contributed by atoms with Crippen LogP contribution in [0.25, 0.3) is 0 Å². The molecule has 0 radical (unpaired) electrons. The van der Waals surface area contributed by atoms with Gasteiger partial charge in [-0.25, -0.2) is 0 Å². The number of methoxy groups -OCH3 is 1. The van der Waals surface area contributed by atoms with Gasteiger partial charge in [0.2, 0.25) is 5.78 Å². The van der Waals surface area contributed by atoms with Crippen LogP contribution >= 0.6 is 12.4 Å². The second-order valence-electron chi connectivity index (χ2n) is 10.2. The maximum absolute atomic E-state index is 13.6. The Labute approximate surface area is 234 Å². The molecule has 1 unspecified atom stereocenters. The molecule has 1 aliphatic heterocycles. The number of halogens is 1. The number of nitrogens with two attached hydrogens (primary N) is 1. The number of phenols is 2. The predicted molar refractivity (Wildman–Crippen MR) is 139 cm³/mol. The Morgan fingerprint density at radius 2 is 1.82 bits per heavy atom. The van der Waals surface area contributed by atoms with Gasteiger partial charge in [-0.15, -0.1) is 12.4 Å². The van der Waals surface area contributed by atoms with Gasteiger partial charge in [0, 0.05) is 42.0 Å². The first-order valence-corrected chi connectivity index (χ1v) is 12.4. The molecule has 216 valence electrons. The van der Waals surface area contributed by atoms with Gasteiger partial charge in [-0.05, 0) is 13.0 Å². The van der Waals surface area contributed by atoms with Crippen LogP contribution in [0.5, 0.6) is 17.2 Å². The average molecular weight is 580 g/mol. The van der Waals surface area contributed by atoms with Gasteiger partial charge in [0.1, 0.15) is 29.5 Å². The maximum Gasteiger partial charge on any atom is 0.202 e. The first kappa shape index (κ1) is 29.9.